The van der Waals surface area contributed by atoms with Crippen LogP contribution in [0.1, 0.15) is 0 Å². The summed E-state index contributed by atoms with van der Waals surface area (Å²) in [6.45, 7) is 0. The van der Waals surface area contributed by atoms with Crippen molar-refractivity contribution >= 4 is 47.7 Å². The van der Waals surface area contributed by atoms with E-state index in [1.54, 1.807) is 0 Å². The van der Waals surface area contributed by atoms with Crippen LogP contribution in [0.15, 0.2) is 182 Å². The zero-order valence-electron chi connectivity index (χ0n) is 22.6. The molecule has 0 saturated carbocycles. The van der Waals surface area contributed by atoms with E-state index < -0.39 is 15.8 Å². The van der Waals surface area contributed by atoms with Crippen LogP contribution in [0.25, 0.3) is 0 Å². The van der Waals surface area contributed by atoms with Crippen LogP contribution in [0.2, 0.25) is 0 Å². The molecule has 6 aromatic carbocycles. The minimum Gasteiger partial charge on any atom is -1.00 e. The van der Waals surface area contributed by atoms with Gasteiger partial charge in [0.15, 0.2) is 0 Å². The van der Waals surface area contributed by atoms with Gasteiger partial charge >= 0.3 is 40.8 Å². The third kappa shape index (κ3) is 10.7. The average Bonchev–Trinajstić information content (AvgIpc) is 3.01. The Labute approximate surface area is 293 Å². The summed E-state index contributed by atoms with van der Waals surface area (Å²) in [5.74, 6) is 0. The van der Waals surface area contributed by atoms with E-state index >= 15 is 0 Å². The first-order valence-corrected chi connectivity index (χ1v) is 15.5. The summed E-state index contributed by atoms with van der Waals surface area (Å²) >= 11 is 0. The van der Waals surface area contributed by atoms with Crippen molar-refractivity contribution in [1.82, 2.24) is 0 Å². The van der Waals surface area contributed by atoms with Gasteiger partial charge in [0.05, 0.1) is 0 Å². The van der Waals surface area contributed by atoms with Crippen LogP contribution in [0.5, 0.6) is 0 Å². The van der Waals surface area contributed by atoms with Gasteiger partial charge in [0.2, 0.25) is 0 Å². The van der Waals surface area contributed by atoms with Crippen LogP contribution in [-0.2, 0) is 40.8 Å². The van der Waals surface area contributed by atoms with Crippen LogP contribution >= 0.6 is 15.8 Å². The summed E-state index contributed by atoms with van der Waals surface area (Å²) in [6.07, 6.45) is 0. The van der Waals surface area contributed by atoms with Crippen LogP contribution in [-0.4, -0.2) is 0 Å². The quantitative estimate of drug-likeness (QED) is 0.174. The Bertz CT molecular complexity index is 1190. The standard InChI is InChI=1S/2C18H15P.2ClH.2Pd/c2*1-4-10-16(11-5-1)19(17-12-6-2-7-13-17)18-14-8-3-9-15-18;;;;/h2*1-15H;2*1H;;/q;;;;2*+2/p-2. The van der Waals surface area contributed by atoms with E-state index in [1.807, 2.05) is 0 Å². The summed E-state index contributed by atoms with van der Waals surface area (Å²) in [7, 11) is -0.892. The molecule has 0 nitrogen and oxygen atoms in total. The second-order valence-corrected chi connectivity index (χ2v) is 13.1. The maximum absolute atomic E-state index is 2.23. The minimum atomic E-state index is -0.446. The molecule has 0 aromatic heterocycles. The summed E-state index contributed by atoms with van der Waals surface area (Å²) in [4.78, 5) is 0. The Hall–Kier alpha value is -1.92. The molecule has 216 valence electrons. The van der Waals surface area contributed by atoms with Crippen molar-refractivity contribution in [3.63, 3.8) is 0 Å². The molecule has 0 bridgehead atoms. The Morgan fingerprint density at radius 1 is 0.214 bits per heavy atom. The average molecular weight is 808 g/mol. The summed E-state index contributed by atoms with van der Waals surface area (Å²) in [5, 5.41) is 8.39. The molecule has 0 heterocycles. The predicted octanol–water partition coefficient (Wildman–Crippen LogP) is 0.893. The number of halogens is 2. The van der Waals surface area contributed by atoms with Gasteiger partial charge in [0.1, 0.15) is 0 Å². The zero-order valence-corrected chi connectivity index (χ0v) is 29.0. The van der Waals surface area contributed by atoms with Crippen molar-refractivity contribution in [2.24, 2.45) is 0 Å². The van der Waals surface area contributed by atoms with Gasteiger partial charge in [-0.2, -0.15) is 0 Å². The van der Waals surface area contributed by atoms with Gasteiger partial charge in [0.25, 0.3) is 0 Å². The fraction of sp³-hybridized carbons (Fsp3) is 0. The normalized spacial score (nSPS) is 9.57. The Balaban J connectivity index is 0.000000383. The Morgan fingerprint density at radius 2 is 0.333 bits per heavy atom. The molecule has 0 N–H and O–H groups in total. The molecule has 0 spiro atoms. The maximum Gasteiger partial charge on any atom is 2.00 e. The first-order valence-electron chi connectivity index (χ1n) is 12.8. The van der Waals surface area contributed by atoms with Crippen molar-refractivity contribution in [2.75, 3.05) is 0 Å². The summed E-state index contributed by atoms with van der Waals surface area (Å²) in [6, 6.07) is 64.7. The Kier molecular flexibility index (Phi) is 19.0. The van der Waals surface area contributed by atoms with Gasteiger partial charge in [0, 0.05) is 0 Å². The van der Waals surface area contributed by atoms with Crippen molar-refractivity contribution in [1.29, 1.82) is 0 Å². The first kappa shape index (κ1) is 38.1. The fourth-order valence-corrected chi connectivity index (χ4v) is 8.97. The van der Waals surface area contributed by atoms with Crippen molar-refractivity contribution in [3.8, 4) is 0 Å². The van der Waals surface area contributed by atoms with Crippen molar-refractivity contribution < 1.29 is 65.7 Å². The minimum absolute atomic E-state index is 0. The monoisotopic (exact) mass is 806 g/mol. The second kappa shape index (κ2) is 20.9. The van der Waals surface area contributed by atoms with Crippen LogP contribution in [0, 0.1) is 0 Å². The molecular formula is C36H30Cl2P2Pd2+2. The molecule has 0 aliphatic rings. The predicted molar refractivity (Wildman–Crippen MR) is 170 cm³/mol. The second-order valence-electron chi connectivity index (χ2n) is 8.68. The van der Waals surface area contributed by atoms with Crippen LogP contribution < -0.4 is 56.6 Å². The molecule has 0 fully saturated rings. The van der Waals surface area contributed by atoms with Gasteiger partial charge < -0.3 is 24.8 Å². The molecular weight excluding hydrogens is 778 g/mol. The fourth-order valence-electron chi connectivity index (χ4n) is 4.36. The largest absolute Gasteiger partial charge is 2.00 e. The van der Waals surface area contributed by atoms with Crippen molar-refractivity contribution in [2.45, 2.75) is 0 Å². The zero-order chi connectivity index (χ0) is 25.8. The number of hydrogen-bond acceptors (Lipinski definition) is 0. The van der Waals surface area contributed by atoms with Gasteiger partial charge in [-0.3, -0.25) is 0 Å². The van der Waals surface area contributed by atoms with Crippen LogP contribution in [0.3, 0.4) is 0 Å². The van der Waals surface area contributed by atoms with Crippen LogP contribution in [0.4, 0.5) is 0 Å². The third-order valence-corrected chi connectivity index (χ3v) is 11.0. The summed E-state index contributed by atoms with van der Waals surface area (Å²) in [5.41, 5.74) is 0. The molecule has 42 heavy (non-hydrogen) atoms. The summed E-state index contributed by atoms with van der Waals surface area (Å²) < 4.78 is 0. The first-order chi connectivity index (χ1) is 18.9. The van der Waals surface area contributed by atoms with E-state index in [-0.39, 0.29) is 65.7 Å². The molecule has 0 saturated heterocycles. The molecule has 6 rings (SSSR count). The van der Waals surface area contributed by atoms with E-state index in [1.165, 1.54) is 31.8 Å². The Morgan fingerprint density at radius 3 is 0.452 bits per heavy atom. The van der Waals surface area contributed by atoms with E-state index in [9.17, 15) is 0 Å². The maximum atomic E-state index is 2.23. The SMILES string of the molecule is [Cl-].[Cl-].[Pd+2].[Pd+2].c1ccc(P(c2ccccc2)c2ccccc2)cc1.c1ccc(P(c2ccccc2)c2ccccc2)cc1. The van der Waals surface area contributed by atoms with Gasteiger partial charge in [-0.15, -0.1) is 0 Å². The van der Waals surface area contributed by atoms with Gasteiger partial charge in [-0.05, 0) is 47.7 Å². The van der Waals surface area contributed by atoms with E-state index in [2.05, 4.69) is 182 Å². The molecule has 0 unspecified atom stereocenters. The number of hydrogen-bond donors (Lipinski definition) is 0. The molecule has 0 atom stereocenters. The molecule has 6 aromatic rings. The topological polar surface area (TPSA) is 0 Å². The van der Waals surface area contributed by atoms with Gasteiger partial charge in [-0.1, -0.05) is 182 Å². The van der Waals surface area contributed by atoms with E-state index in [0.717, 1.165) is 0 Å². The number of benzene rings is 6. The molecule has 0 amide bonds. The van der Waals surface area contributed by atoms with E-state index in [0.29, 0.717) is 0 Å². The third-order valence-electron chi connectivity index (χ3n) is 6.09. The molecule has 0 radical (unpaired) electrons. The molecule has 6 heteroatoms. The van der Waals surface area contributed by atoms with E-state index in [4.69, 9.17) is 0 Å². The van der Waals surface area contributed by atoms with Gasteiger partial charge in [-0.25, -0.2) is 0 Å². The van der Waals surface area contributed by atoms with Crippen molar-refractivity contribution in [3.05, 3.63) is 182 Å². The molecule has 0 aliphatic heterocycles. The smallest absolute Gasteiger partial charge is 1.00 e. The molecule has 0 aliphatic carbocycles. The number of rotatable bonds is 6.